The monoisotopic (exact) mass is 265 g/mol. The number of hydrogen-bond acceptors (Lipinski definition) is 4. The van der Waals surface area contributed by atoms with Crippen molar-refractivity contribution in [1.82, 2.24) is 4.98 Å². The molecule has 0 spiro atoms. The van der Waals surface area contributed by atoms with Crippen molar-refractivity contribution in [2.24, 2.45) is 5.73 Å². The van der Waals surface area contributed by atoms with E-state index in [9.17, 15) is 0 Å². The number of thiocarbonyl (C=S) groups is 1. The molecule has 1 aromatic heterocycles. The van der Waals surface area contributed by atoms with E-state index in [0.29, 0.717) is 4.99 Å². The zero-order valence-electron chi connectivity index (χ0n) is 10.8. The summed E-state index contributed by atoms with van der Waals surface area (Å²) in [6, 6.07) is 3.82. The van der Waals surface area contributed by atoms with Gasteiger partial charge in [0.25, 0.3) is 0 Å². The van der Waals surface area contributed by atoms with Crippen LogP contribution in [-0.4, -0.2) is 28.7 Å². The van der Waals surface area contributed by atoms with Gasteiger partial charge in [-0.25, -0.2) is 4.98 Å². The maximum atomic E-state index is 5.74. The fraction of sp³-hybridized carbons (Fsp3) is 0.538. The van der Waals surface area contributed by atoms with Crippen LogP contribution in [-0.2, 0) is 4.74 Å². The molecule has 18 heavy (non-hydrogen) atoms. The maximum Gasteiger partial charge on any atom is 0.136 e. The van der Waals surface area contributed by atoms with E-state index in [1.54, 1.807) is 0 Å². The van der Waals surface area contributed by atoms with E-state index in [1.165, 1.54) is 0 Å². The molecule has 1 saturated heterocycles. The number of rotatable bonds is 4. The Balaban J connectivity index is 2.12. The van der Waals surface area contributed by atoms with Crippen LogP contribution in [0, 0.1) is 6.92 Å². The van der Waals surface area contributed by atoms with Gasteiger partial charge >= 0.3 is 0 Å². The molecule has 98 valence electrons. The van der Waals surface area contributed by atoms with Crippen LogP contribution in [0.25, 0.3) is 0 Å². The Morgan fingerprint density at radius 2 is 2.39 bits per heavy atom. The molecule has 3 N–H and O–H groups in total. The number of aryl methyl sites for hydroxylation is 1. The molecule has 1 unspecified atom stereocenters. The Morgan fingerprint density at radius 3 is 3.00 bits per heavy atom. The molecule has 1 aliphatic rings. The highest BCUT2D eigenvalue weighted by Crippen LogP contribution is 2.25. The van der Waals surface area contributed by atoms with Crippen molar-refractivity contribution >= 4 is 23.0 Å². The van der Waals surface area contributed by atoms with Crippen molar-refractivity contribution in [3.63, 3.8) is 0 Å². The number of nitrogens with one attached hydrogen (secondary N) is 1. The minimum Gasteiger partial charge on any atom is -0.389 e. The summed E-state index contributed by atoms with van der Waals surface area (Å²) >= 11 is 5.04. The first-order chi connectivity index (χ1) is 8.50. The highest BCUT2D eigenvalue weighted by Gasteiger charge is 2.29. The Labute approximate surface area is 113 Å². The van der Waals surface area contributed by atoms with E-state index in [0.717, 1.165) is 43.1 Å². The van der Waals surface area contributed by atoms with Crippen LogP contribution >= 0.6 is 12.2 Å². The van der Waals surface area contributed by atoms with E-state index in [1.807, 2.05) is 19.1 Å². The van der Waals surface area contributed by atoms with Crippen LogP contribution in [0.3, 0.4) is 0 Å². The number of pyridine rings is 1. The number of aromatic nitrogens is 1. The predicted molar refractivity (Wildman–Crippen MR) is 76.9 cm³/mol. The summed E-state index contributed by atoms with van der Waals surface area (Å²) in [4.78, 5) is 4.82. The SMILES string of the molecule is Cc1ccc(C(N)=S)c(NCC2(C)CCCO2)n1. The molecule has 2 rings (SSSR count). The highest BCUT2D eigenvalue weighted by atomic mass is 32.1. The van der Waals surface area contributed by atoms with Gasteiger partial charge in [-0.1, -0.05) is 12.2 Å². The summed E-state index contributed by atoms with van der Waals surface area (Å²) in [6.45, 7) is 5.62. The molecule has 0 bridgehead atoms. The molecule has 1 aliphatic heterocycles. The van der Waals surface area contributed by atoms with Crippen molar-refractivity contribution < 1.29 is 4.74 Å². The van der Waals surface area contributed by atoms with E-state index in [4.69, 9.17) is 22.7 Å². The zero-order valence-corrected chi connectivity index (χ0v) is 11.6. The normalized spacial score (nSPS) is 23.0. The van der Waals surface area contributed by atoms with Gasteiger partial charge in [-0.2, -0.15) is 0 Å². The number of anilines is 1. The molecule has 1 aromatic rings. The molecule has 4 nitrogen and oxygen atoms in total. The van der Waals surface area contributed by atoms with Gasteiger partial charge in [0.15, 0.2) is 0 Å². The van der Waals surface area contributed by atoms with Crippen molar-refractivity contribution in [2.75, 3.05) is 18.5 Å². The third-order valence-corrected chi connectivity index (χ3v) is 3.45. The number of nitrogens with zero attached hydrogens (tertiary/aromatic N) is 1. The fourth-order valence-corrected chi connectivity index (χ4v) is 2.30. The lowest BCUT2D eigenvalue weighted by molar-refractivity contribution is 0.0315. The van der Waals surface area contributed by atoms with Crippen LogP contribution in [0.2, 0.25) is 0 Å². The lowest BCUT2D eigenvalue weighted by Crippen LogP contribution is -2.33. The summed E-state index contributed by atoms with van der Waals surface area (Å²) < 4.78 is 5.74. The molecule has 5 heteroatoms. The van der Waals surface area contributed by atoms with E-state index < -0.39 is 0 Å². The van der Waals surface area contributed by atoms with Crippen molar-refractivity contribution in [1.29, 1.82) is 0 Å². The summed E-state index contributed by atoms with van der Waals surface area (Å²) in [6.07, 6.45) is 2.18. The highest BCUT2D eigenvalue weighted by molar-refractivity contribution is 7.80. The first-order valence-corrected chi connectivity index (χ1v) is 6.56. The molecule has 0 aromatic carbocycles. The van der Waals surface area contributed by atoms with Gasteiger partial charge in [0, 0.05) is 18.8 Å². The van der Waals surface area contributed by atoms with Gasteiger partial charge in [-0.05, 0) is 38.8 Å². The average Bonchev–Trinajstić information content (AvgIpc) is 2.74. The van der Waals surface area contributed by atoms with Gasteiger partial charge in [-0.15, -0.1) is 0 Å². The second-order valence-corrected chi connectivity index (χ2v) is 5.41. The third-order valence-electron chi connectivity index (χ3n) is 3.23. The van der Waals surface area contributed by atoms with Crippen LogP contribution in [0.15, 0.2) is 12.1 Å². The molecule has 0 amide bonds. The quantitative estimate of drug-likeness (QED) is 0.815. The zero-order chi connectivity index (χ0) is 13.2. The van der Waals surface area contributed by atoms with Gasteiger partial charge in [0.1, 0.15) is 10.8 Å². The minimum atomic E-state index is -0.112. The van der Waals surface area contributed by atoms with E-state index in [2.05, 4.69) is 17.2 Å². The molecule has 0 saturated carbocycles. The van der Waals surface area contributed by atoms with Gasteiger partial charge in [-0.3, -0.25) is 0 Å². The largest absolute Gasteiger partial charge is 0.389 e. The van der Waals surface area contributed by atoms with Crippen molar-refractivity contribution in [3.05, 3.63) is 23.4 Å². The molecule has 0 aliphatic carbocycles. The van der Waals surface area contributed by atoms with Gasteiger partial charge in [0.05, 0.1) is 11.2 Å². The Kier molecular flexibility index (Phi) is 3.82. The Bertz CT molecular complexity index is 456. The van der Waals surface area contributed by atoms with Gasteiger partial charge < -0.3 is 15.8 Å². The summed E-state index contributed by atoms with van der Waals surface area (Å²) in [5.41, 5.74) is 7.32. The number of nitrogens with two attached hydrogens (primary N) is 1. The maximum absolute atomic E-state index is 5.74. The second kappa shape index (κ2) is 5.20. The average molecular weight is 265 g/mol. The molecular weight excluding hydrogens is 246 g/mol. The Hall–Kier alpha value is -1.20. The predicted octanol–water partition coefficient (Wildman–Crippen LogP) is 2.01. The molecule has 1 atom stereocenters. The van der Waals surface area contributed by atoms with E-state index in [-0.39, 0.29) is 5.60 Å². The first kappa shape index (κ1) is 13.2. The smallest absolute Gasteiger partial charge is 0.136 e. The number of hydrogen-bond donors (Lipinski definition) is 2. The second-order valence-electron chi connectivity index (χ2n) is 4.97. The number of ether oxygens (including phenoxy) is 1. The molecular formula is C13H19N3OS. The van der Waals surface area contributed by atoms with Crippen LogP contribution < -0.4 is 11.1 Å². The standard InChI is InChI=1S/C13H19N3OS/c1-9-4-5-10(11(14)18)12(16-9)15-8-13(2)6-3-7-17-13/h4-5H,3,6-8H2,1-2H3,(H2,14,18)(H,15,16). The molecule has 2 heterocycles. The summed E-state index contributed by atoms with van der Waals surface area (Å²) in [5.74, 6) is 0.749. The van der Waals surface area contributed by atoms with Crippen molar-refractivity contribution in [3.8, 4) is 0 Å². The minimum absolute atomic E-state index is 0.112. The van der Waals surface area contributed by atoms with Crippen molar-refractivity contribution in [2.45, 2.75) is 32.3 Å². The molecule has 1 fully saturated rings. The lowest BCUT2D eigenvalue weighted by atomic mass is 10.0. The molecule has 0 radical (unpaired) electrons. The van der Waals surface area contributed by atoms with Crippen LogP contribution in [0.4, 0.5) is 5.82 Å². The third kappa shape index (κ3) is 2.97. The van der Waals surface area contributed by atoms with Crippen LogP contribution in [0.5, 0.6) is 0 Å². The summed E-state index contributed by atoms with van der Waals surface area (Å²) in [5, 5.41) is 3.31. The van der Waals surface area contributed by atoms with Crippen LogP contribution in [0.1, 0.15) is 31.0 Å². The first-order valence-electron chi connectivity index (χ1n) is 6.15. The lowest BCUT2D eigenvalue weighted by Gasteiger charge is -2.24. The van der Waals surface area contributed by atoms with Gasteiger partial charge in [0.2, 0.25) is 0 Å². The fourth-order valence-electron chi connectivity index (χ4n) is 2.14. The topological polar surface area (TPSA) is 60.2 Å². The summed E-state index contributed by atoms with van der Waals surface area (Å²) in [7, 11) is 0. The Morgan fingerprint density at radius 1 is 1.61 bits per heavy atom. The van der Waals surface area contributed by atoms with E-state index >= 15 is 0 Å².